The Morgan fingerprint density at radius 2 is 1.22 bits per heavy atom. The Kier molecular flexibility index (Phi) is 31.5. The summed E-state index contributed by atoms with van der Waals surface area (Å²) in [5, 5.41) is 70.1. The van der Waals surface area contributed by atoms with Crippen LogP contribution in [0.2, 0.25) is 0 Å². The number of H-pyrrole nitrogens is 1. The number of nitrogens with one attached hydrogen (secondary N) is 2. The molecule has 3 aromatic rings. The van der Waals surface area contributed by atoms with E-state index in [-0.39, 0.29) is 53.0 Å². The number of esters is 1. The van der Waals surface area contributed by atoms with Gasteiger partial charge in [0.1, 0.15) is 17.3 Å². The molecule has 24 heteroatoms. The van der Waals surface area contributed by atoms with E-state index in [1.165, 1.54) is 7.11 Å². The SMILES string of the molecule is C#CC#CC#CC#CC#CC#CC#CC#CC#CC#CC#CC#CC#CC#CC#CC#CC#CC#CC#CC#CC#CC.CC[C@]1(O)C[C@H]2CN(CCc3c([nH]c4ccccc34)[C@@](C(=O)OC)(c3cc4c(cc3OC)N(C)[C@H]3[C@@](O)(C(N)=O)[C@H](O)[C@]5(CC)C=CCN6CC[C@]43[C@@H]65)C2)C1.N=N/N=N/N(OOO)OOOO.[HH].[HH].[HH].[HH].[HH].[HH].[HH].[HH].[HH].[HH].[HH].[HH].[HH].[HH].[HH].[HH].[HH].[HH].[HH].[HH].[HH].[HH].[HH].[HH].[HH]. The number of nitrogens with zero attached hydrogens (tertiary/aromatic N) is 7. The summed E-state index contributed by atoms with van der Waals surface area (Å²) < 4.78 is 12.2. The first-order chi connectivity index (χ1) is 53.5. The first-order valence-corrected chi connectivity index (χ1v) is 32.8. The number of aromatic amines is 1. The number of likely N-dealkylation sites (N-methyl/N-ethyl adjacent to an activating group) is 1. The molecule has 1 amide bonds. The van der Waals surface area contributed by atoms with Gasteiger partial charge in [0.15, 0.2) is 5.60 Å². The van der Waals surface area contributed by atoms with Crippen LogP contribution in [0.25, 0.3) is 10.9 Å². The molecule has 1 saturated carbocycles. The number of primary amides is 1. The van der Waals surface area contributed by atoms with Crippen molar-refractivity contribution >= 4 is 28.5 Å². The molecule has 590 valence electrons. The van der Waals surface area contributed by atoms with Gasteiger partial charge in [-0.25, -0.2) is 10.5 Å². The Bertz CT molecular complexity index is 5750. The minimum absolute atomic E-state index is 0. The molecule has 1 unspecified atom stereocenters. The Balaban J connectivity index is -0.0000000910. The predicted octanol–water partition coefficient (Wildman–Crippen LogP) is 9.80. The number of anilines is 1. The number of rotatable bonds is 13. The summed E-state index contributed by atoms with van der Waals surface area (Å²) in [5.74, 6) is 101. The minimum Gasteiger partial charge on any atom is -0.496 e. The van der Waals surface area contributed by atoms with E-state index in [0.29, 0.717) is 69.5 Å². The second-order valence-electron chi connectivity index (χ2n) is 23.6. The van der Waals surface area contributed by atoms with Crippen molar-refractivity contribution < 1.29 is 106 Å². The number of amides is 1. The van der Waals surface area contributed by atoms with Crippen molar-refractivity contribution in [1.29, 1.82) is 5.53 Å². The number of hydrogen-bond donors (Lipinski definition) is 8. The van der Waals surface area contributed by atoms with E-state index in [0.717, 1.165) is 46.5 Å². The number of hydrogen-bond acceptors (Lipinski definition) is 19. The highest BCUT2D eigenvalue weighted by atomic mass is 17.7. The monoisotopic (exact) mass is 1510 g/mol. The van der Waals surface area contributed by atoms with Gasteiger partial charge in [-0.1, -0.05) is 50.1 Å². The molecule has 5 aliphatic heterocycles. The summed E-state index contributed by atoms with van der Waals surface area (Å²) in [6.07, 6.45) is 10.7. The highest BCUT2D eigenvalue weighted by Gasteiger charge is 2.78. The molecule has 6 heterocycles. The molecule has 0 radical (unpaired) electrons. The van der Waals surface area contributed by atoms with Crippen LogP contribution >= 0.6 is 0 Å². The zero-order valence-electron chi connectivity index (χ0n) is 59.9. The molecule has 3 fully saturated rings. The fourth-order valence-corrected chi connectivity index (χ4v) is 14.5. The number of piperidine rings is 1. The van der Waals surface area contributed by atoms with Gasteiger partial charge in [0.05, 0.1) is 31.2 Å². The Morgan fingerprint density at radius 1 is 0.700 bits per heavy atom. The number of para-hydroxylation sites is 1. The second kappa shape index (κ2) is 41.9. The van der Waals surface area contributed by atoms with Gasteiger partial charge in [0.25, 0.3) is 5.91 Å². The standard InChI is InChI=1S/C43H55N5O7.C43H4.H3N5O7.25H2/c1-6-39(52)21-25-22-42(38(51)55-5,33-27(13-17-47(23-25)24-39)26-11-8-9-12-30(26)45-33)29-19-28-31(20-32(29)54-4)46(3)35-41(28)15-18-48-16-10-14-40(7-2,34(41)48)36(49)43(35,53)37(44)50;1-3-5-7-9-11-13-15-17-19-21-23-25-27-29-31-33-35-37-39-41-43-42-40-38-36-34-32-30-28-26-24-22-20-18-16-14-12-10-8-6-4-2;1-2-3-4-5(8-10-6)9-12-11-7;;;;;;;;;;;;;;;;;;;;;;;;;/h8-12,14,19-20,25,34-36,45,49,52-53H,6-7,13,15-18,21-24H2,1-5H3,(H2,44,50);1H,2H3;1,6-7H;25*1H/b;;2-1?,4-3+;;;;;;;;;;;;;;;;;;;;;;;;;/t25-,34+,35-,36-,39+,40-,41-,42+,43+;;;;;;;;;;;;;;;;;;;;;;;;;;;/m1.........................../s1. The molecule has 2 bridgehead atoms. The maximum atomic E-state index is 15.2. The van der Waals surface area contributed by atoms with E-state index >= 15 is 4.79 Å². The lowest BCUT2D eigenvalue weighted by Crippen LogP contribution is -2.81. The van der Waals surface area contributed by atoms with E-state index in [1.54, 1.807) is 14.0 Å². The van der Waals surface area contributed by atoms with Crippen LogP contribution in [0.15, 0.2) is 64.2 Å². The first kappa shape index (κ1) is 82.8. The van der Waals surface area contributed by atoms with Gasteiger partial charge in [0.2, 0.25) is 0 Å². The number of aliphatic hydroxyl groups excluding tert-OH is 1. The fourth-order valence-electron chi connectivity index (χ4n) is 14.5. The van der Waals surface area contributed by atoms with Crippen LogP contribution in [-0.2, 0) is 56.7 Å². The molecule has 2 saturated heterocycles. The van der Waals surface area contributed by atoms with Gasteiger partial charge in [-0.3, -0.25) is 19.4 Å². The maximum absolute atomic E-state index is 15.2. The zero-order valence-corrected chi connectivity index (χ0v) is 59.9. The van der Waals surface area contributed by atoms with E-state index < -0.39 is 51.5 Å². The first-order valence-electron chi connectivity index (χ1n) is 32.8. The summed E-state index contributed by atoms with van der Waals surface area (Å²) in [6, 6.07) is 11.0. The lowest BCUT2D eigenvalue weighted by Gasteiger charge is -2.63. The average Bonchev–Trinajstić information content (AvgIpc) is 1.48. The number of carbonyl (C=O) groups excluding carboxylic acids is 2. The van der Waals surface area contributed by atoms with Crippen molar-refractivity contribution in [1.82, 2.24) is 20.1 Å². The van der Waals surface area contributed by atoms with Crippen molar-refractivity contribution in [2.75, 3.05) is 58.9 Å². The van der Waals surface area contributed by atoms with E-state index in [2.05, 4.69) is 310 Å². The number of aliphatic hydroxyl groups is 3. The fraction of sp³-hybridized carbons (Fsp3) is 0.302. The van der Waals surface area contributed by atoms with E-state index in [1.807, 2.05) is 62.2 Å². The molecular weight excluding hydrogens is 1400 g/mol. The Hall–Kier alpha value is -14.5. The summed E-state index contributed by atoms with van der Waals surface area (Å²) >= 11 is 0. The number of terminal acetylenes is 1. The zero-order chi connectivity index (χ0) is 79.1. The number of ether oxygens (including phenoxy) is 2. The smallest absolute Gasteiger partial charge is 0.322 e. The normalized spacial score (nSPS) is 22.2. The van der Waals surface area contributed by atoms with Crippen molar-refractivity contribution in [2.45, 2.75) is 99.5 Å². The number of benzene rings is 2. The van der Waals surface area contributed by atoms with Gasteiger partial charge in [-0.2, -0.15) is 5.53 Å². The molecular formula is C86H112N10O14. The highest BCUT2D eigenvalue weighted by molar-refractivity contribution is 5.95. The second-order valence-corrected chi connectivity index (χ2v) is 23.6. The third-order valence-electron chi connectivity index (χ3n) is 18.2. The quantitative estimate of drug-likeness (QED) is 0.0197. The molecule has 1 spiro atoms. The minimum atomic E-state index is -2.30. The third-order valence-corrected chi connectivity index (χ3v) is 18.2. The number of fused-ring (bicyclic) bond motifs is 6. The van der Waals surface area contributed by atoms with Crippen LogP contribution in [-0.4, -0.2) is 141 Å². The van der Waals surface area contributed by atoms with Gasteiger partial charge in [-0.15, -0.1) is 6.42 Å². The summed E-state index contributed by atoms with van der Waals surface area (Å²) in [4.78, 5) is 46.5. The van der Waals surface area contributed by atoms with Crippen LogP contribution in [0.3, 0.4) is 0 Å². The van der Waals surface area contributed by atoms with Gasteiger partial charge >= 0.3 is 5.97 Å². The molecule has 2 aromatic carbocycles. The largest absolute Gasteiger partial charge is 0.496 e. The number of nitrogens with two attached hydrogens (primary N) is 1. The van der Waals surface area contributed by atoms with Crippen LogP contribution in [0.4, 0.5) is 5.69 Å². The number of aromatic nitrogens is 1. The maximum Gasteiger partial charge on any atom is 0.322 e. The van der Waals surface area contributed by atoms with Crippen LogP contribution in [0, 0.1) is 266 Å². The van der Waals surface area contributed by atoms with E-state index in [9.17, 15) is 20.1 Å². The average molecular weight is 1510 g/mol. The topological polar surface area (TPSA) is 316 Å². The Morgan fingerprint density at radius 3 is 1.67 bits per heavy atom. The van der Waals surface area contributed by atoms with Crippen molar-refractivity contribution in [3.8, 4) is 255 Å². The molecule has 10 atom stereocenters. The van der Waals surface area contributed by atoms with Crippen LogP contribution in [0.5, 0.6) is 5.75 Å². The van der Waals surface area contributed by atoms with Crippen LogP contribution in [0.1, 0.15) is 111 Å². The number of carbonyl (C=O) groups is 2. The molecule has 9 N–H and O–H groups in total. The molecule has 6 aliphatic rings. The lowest BCUT2D eigenvalue weighted by atomic mass is 9.47. The van der Waals surface area contributed by atoms with Crippen molar-refractivity contribution in [3.63, 3.8) is 0 Å². The summed E-state index contributed by atoms with van der Waals surface area (Å²) in [6.45, 7) is 9.08. The third kappa shape index (κ3) is 19.9. The highest BCUT2D eigenvalue weighted by Crippen LogP contribution is 2.67. The van der Waals surface area contributed by atoms with Gasteiger partial charge in [-0.05, 0) is 211 Å². The molecule has 1 aromatic heterocycles. The predicted molar refractivity (Wildman–Crippen MR) is 453 cm³/mol. The van der Waals surface area contributed by atoms with Crippen molar-refractivity contribution in [3.05, 3.63) is 70.9 Å². The van der Waals surface area contributed by atoms with Gasteiger partial charge < -0.3 is 40.4 Å². The lowest BCUT2D eigenvalue weighted by molar-refractivity contribution is -0.741. The molecule has 110 heavy (non-hydrogen) atoms. The Labute approximate surface area is 675 Å². The van der Waals surface area contributed by atoms with Gasteiger partial charge in [0, 0.05) is 267 Å². The van der Waals surface area contributed by atoms with Crippen LogP contribution < -0.4 is 15.4 Å². The molecule has 1 aliphatic carbocycles. The van der Waals surface area contributed by atoms with E-state index in [4.69, 9.17) is 37.7 Å². The number of methoxy groups -OCH3 is 2. The molecule has 24 nitrogen and oxygen atoms in total. The summed E-state index contributed by atoms with van der Waals surface area (Å²) in [5.41, 5.74) is 10.8. The summed E-state index contributed by atoms with van der Waals surface area (Å²) in [7, 11) is 4.89. The molecule has 9 rings (SSSR count). The van der Waals surface area contributed by atoms with Crippen molar-refractivity contribution in [2.24, 2.45) is 32.7 Å².